The van der Waals surface area contributed by atoms with Gasteiger partial charge in [0, 0.05) is 25.3 Å². The van der Waals surface area contributed by atoms with Crippen LogP contribution in [-0.2, 0) is 19.4 Å². The fraction of sp³-hybridized carbons (Fsp3) is 0.786. The number of nitrogens with zero attached hydrogens (tertiary/aromatic N) is 3. The molecule has 0 amide bonds. The Morgan fingerprint density at radius 2 is 2.06 bits per heavy atom. The molecular weight excluding hydrogens is 210 g/mol. The fourth-order valence-corrected chi connectivity index (χ4v) is 3.34. The zero-order valence-electron chi connectivity index (χ0n) is 10.8. The SMILES string of the molecule is CCc1nn2c(c1C1CC[N]CC1)CCCC2. The molecular formula is C14H22N3. The highest BCUT2D eigenvalue weighted by Crippen LogP contribution is 2.33. The van der Waals surface area contributed by atoms with Gasteiger partial charge in [0.1, 0.15) is 0 Å². The highest BCUT2D eigenvalue weighted by molar-refractivity contribution is 5.32. The third-order valence-electron chi connectivity index (χ3n) is 4.22. The van der Waals surface area contributed by atoms with Crippen LogP contribution in [0.2, 0.25) is 0 Å². The molecule has 3 heteroatoms. The second-order valence-corrected chi connectivity index (χ2v) is 5.29. The summed E-state index contributed by atoms with van der Waals surface area (Å²) >= 11 is 0. The van der Waals surface area contributed by atoms with Gasteiger partial charge in [-0.2, -0.15) is 5.10 Å². The van der Waals surface area contributed by atoms with Gasteiger partial charge in [0.25, 0.3) is 0 Å². The molecule has 1 aromatic rings. The lowest BCUT2D eigenvalue weighted by Gasteiger charge is -2.24. The van der Waals surface area contributed by atoms with Gasteiger partial charge in [0.15, 0.2) is 0 Å². The Kier molecular flexibility index (Phi) is 3.19. The predicted octanol–water partition coefficient (Wildman–Crippen LogP) is 2.26. The smallest absolute Gasteiger partial charge is 0.0659 e. The first-order valence-electron chi connectivity index (χ1n) is 7.12. The van der Waals surface area contributed by atoms with Gasteiger partial charge in [0.05, 0.1) is 5.69 Å². The monoisotopic (exact) mass is 232 g/mol. The zero-order valence-corrected chi connectivity index (χ0v) is 10.8. The van der Waals surface area contributed by atoms with E-state index in [0.29, 0.717) is 0 Å². The van der Waals surface area contributed by atoms with Gasteiger partial charge >= 0.3 is 0 Å². The quantitative estimate of drug-likeness (QED) is 0.769. The summed E-state index contributed by atoms with van der Waals surface area (Å²) in [5.41, 5.74) is 4.54. The van der Waals surface area contributed by atoms with Gasteiger partial charge in [0.2, 0.25) is 0 Å². The van der Waals surface area contributed by atoms with E-state index in [4.69, 9.17) is 5.10 Å². The van der Waals surface area contributed by atoms with Crippen molar-refractivity contribution in [2.75, 3.05) is 13.1 Å². The van der Waals surface area contributed by atoms with Crippen LogP contribution in [-0.4, -0.2) is 22.9 Å². The summed E-state index contributed by atoms with van der Waals surface area (Å²) in [6, 6.07) is 0. The van der Waals surface area contributed by atoms with Crippen molar-refractivity contribution in [3.8, 4) is 0 Å². The minimum absolute atomic E-state index is 0.740. The van der Waals surface area contributed by atoms with Crippen LogP contribution in [0.15, 0.2) is 0 Å². The number of rotatable bonds is 2. The summed E-state index contributed by atoms with van der Waals surface area (Å²) in [4.78, 5) is 0. The van der Waals surface area contributed by atoms with Gasteiger partial charge in [-0.3, -0.25) is 4.68 Å². The lowest BCUT2D eigenvalue weighted by molar-refractivity contribution is 0.441. The Hall–Kier alpha value is -0.830. The summed E-state index contributed by atoms with van der Waals surface area (Å²) < 4.78 is 2.30. The molecule has 1 radical (unpaired) electrons. The van der Waals surface area contributed by atoms with Crippen LogP contribution in [0.4, 0.5) is 0 Å². The topological polar surface area (TPSA) is 31.9 Å². The van der Waals surface area contributed by atoms with E-state index in [2.05, 4.69) is 16.9 Å². The Bertz CT molecular complexity index is 388. The predicted molar refractivity (Wildman–Crippen MR) is 68.4 cm³/mol. The van der Waals surface area contributed by atoms with Crippen molar-refractivity contribution >= 4 is 0 Å². The summed E-state index contributed by atoms with van der Waals surface area (Å²) in [7, 11) is 0. The van der Waals surface area contributed by atoms with E-state index in [1.165, 1.54) is 37.8 Å². The summed E-state index contributed by atoms with van der Waals surface area (Å²) in [5.74, 6) is 0.740. The molecule has 3 rings (SSSR count). The first-order valence-corrected chi connectivity index (χ1v) is 7.12. The van der Waals surface area contributed by atoms with Crippen molar-refractivity contribution in [2.45, 2.75) is 57.9 Å². The number of aryl methyl sites for hydroxylation is 2. The van der Waals surface area contributed by atoms with E-state index >= 15 is 0 Å². The third-order valence-corrected chi connectivity index (χ3v) is 4.22. The van der Waals surface area contributed by atoms with Crippen LogP contribution in [0.1, 0.15) is 55.5 Å². The highest BCUT2D eigenvalue weighted by Gasteiger charge is 2.26. The Labute approximate surface area is 104 Å². The maximum Gasteiger partial charge on any atom is 0.0659 e. The summed E-state index contributed by atoms with van der Waals surface area (Å²) in [5, 5.41) is 9.31. The Balaban J connectivity index is 1.97. The summed E-state index contributed by atoms with van der Waals surface area (Å²) in [6.07, 6.45) is 7.46. The zero-order chi connectivity index (χ0) is 11.7. The maximum absolute atomic E-state index is 4.83. The van der Waals surface area contributed by atoms with E-state index < -0.39 is 0 Å². The van der Waals surface area contributed by atoms with Gasteiger partial charge in [-0.05, 0) is 50.0 Å². The molecule has 17 heavy (non-hydrogen) atoms. The molecule has 2 aliphatic heterocycles. The van der Waals surface area contributed by atoms with Crippen LogP contribution in [0.25, 0.3) is 0 Å². The largest absolute Gasteiger partial charge is 0.269 e. The number of hydrogen-bond acceptors (Lipinski definition) is 1. The van der Waals surface area contributed by atoms with Gasteiger partial charge in [-0.15, -0.1) is 0 Å². The average molecular weight is 232 g/mol. The van der Waals surface area contributed by atoms with E-state index in [-0.39, 0.29) is 0 Å². The highest BCUT2D eigenvalue weighted by atomic mass is 15.3. The Morgan fingerprint density at radius 3 is 2.82 bits per heavy atom. The van der Waals surface area contributed by atoms with Crippen molar-refractivity contribution in [2.24, 2.45) is 0 Å². The van der Waals surface area contributed by atoms with Crippen LogP contribution in [0, 0.1) is 0 Å². The number of piperidine rings is 1. The van der Waals surface area contributed by atoms with Crippen LogP contribution >= 0.6 is 0 Å². The van der Waals surface area contributed by atoms with Gasteiger partial charge < -0.3 is 0 Å². The summed E-state index contributed by atoms with van der Waals surface area (Å²) in [6.45, 7) is 5.49. The van der Waals surface area contributed by atoms with Crippen molar-refractivity contribution in [1.29, 1.82) is 0 Å². The van der Waals surface area contributed by atoms with E-state index in [1.54, 1.807) is 11.3 Å². The Morgan fingerprint density at radius 1 is 1.24 bits per heavy atom. The lowest BCUT2D eigenvalue weighted by atomic mass is 9.86. The molecule has 3 nitrogen and oxygen atoms in total. The standard InChI is InChI=1S/C14H22N3/c1-2-12-14(11-6-8-15-9-7-11)13-5-3-4-10-17(13)16-12/h11H,2-10H2,1H3. The molecule has 0 aromatic carbocycles. The van der Waals surface area contributed by atoms with E-state index in [1.807, 2.05) is 0 Å². The molecule has 1 saturated heterocycles. The molecule has 93 valence electrons. The van der Waals surface area contributed by atoms with Crippen molar-refractivity contribution in [3.05, 3.63) is 17.0 Å². The van der Waals surface area contributed by atoms with Gasteiger partial charge in [-0.1, -0.05) is 6.92 Å². The molecule has 1 fully saturated rings. The molecule has 3 heterocycles. The molecule has 0 N–H and O–H groups in total. The van der Waals surface area contributed by atoms with Crippen LogP contribution in [0.5, 0.6) is 0 Å². The minimum atomic E-state index is 0.740. The third kappa shape index (κ3) is 2.01. The fourth-order valence-electron chi connectivity index (χ4n) is 3.34. The van der Waals surface area contributed by atoms with Crippen molar-refractivity contribution < 1.29 is 0 Å². The van der Waals surface area contributed by atoms with Gasteiger partial charge in [-0.25, -0.2) is 5.32 Å². The normalized spacial score (nSPS) is 21.5. The number of fused-ring (bicyclic) bond motifs is 1. The van der Waals surface area contributed by atoms with Crippen LogP contribution < -0.4 is 5.32 Å². The molecule has 0 saturated carbocycles. The second kappa shape index (κ2) is 4.81. The molecule has 2 aliphatic rings. The van der Waals surface area contributed by atoms with Crippen molar-refractivity contribution in [1.82, 2.24) is 15.1 Å². The average Bonchev–Trinajstić information content (AvgIpc) is 2.78. The number of hydrogen-bond donors (Lipinski definition) is 0. The van der Waals surface area contributed by atoms with E-state index in [9.17, 15) is 0 Å². The maximum atomic E-state index is 4.83. The molecule has 1 aromatic heterocycles. The molecule has 0 bridgehead atoms. The molecule has 0 aliphatic carbocycles. The number of aromatic nitrogens is 2. The second-order valence-electron chi connectivity index (χ2n) is 5.29. The molecule has 0 atom stereocenters. The molecule has 0 spiro atoms. The minimum Gasteiger partial charge on any atom is -0.269 e. The van der Waals surface area contributed by atoms with Crippen molar-refractivity contribution in [3.63, 3.8) is 0 Å². The first kappa shape index (κ1) is 11.3. The lowest BCUT2D eigenvalue weighted by Crippen LogP contribution is -2.22. The molecule has 0 unspecified atom stereocenters. The van der Waals surface area contributed by atoms with Crippen LogP contribution in [0.3, 0.4) is 0 Å². The first-order chi connectivity index (χ1) is 8.40. The van der Waals surface area contributed by atoms with E-state index in [0.717, 1.165) is 32.0 Å².